The Hall–Kier alpha value is -1.66. The number of nitrogens with one attached hydrogen (secondary N) is 1. The van der Waals surface area contributed by atoms with Gasteiger partial charge in [-0.05, 0) is 38.4 Å². The fourth-order valence-electron chi connectivity index (χ4n) is 2.79. The fraction of sp³-hybridized carbons (Fsp3) is 0.467. The van der Waals surface area contributed by atoms with Crippen LogP contribution in [0, 0.1) is 0 Å². The Balaban J connectivity index is 1.67. The van der Waals surface area contributed by atoms with Crippen LogP contribution in [0.3, 0.4) is 0 Å². The van der Waals surface area contributed by atoms with Crippen molar-refractivity contribution < 1.29 is 9.53 Å². The first-order valence-electron chi connectivity index (χ1n) is 7.26. The van der Waals surface area contributed by atoms with Crippen LogP contribution in [0.1, 0.15) is 47.0 Å². The van der Waals surface area contributed by atoms with E-state index in [2.05, 4.69) is 20.9 Å². The van der Waals surface area contributed by atoms with Gasteiger partial charge in [-0.3, -0.25) is 4.90 Å². The van der Waals surface area contributed by atoms with Crippen molar-refractivity contribution in [3.63, 3.8) is 0 Å². The predicted molar refractivity (Wildman–Crippen MR) is 81.2 cm³/mol. The molecular formula is C15H19N3O2S. The molecule has 2 aromatic rings. The molecule has 0 saturated carbocycles. The second kappa shape index (κ2) is 6.41. The van der Waals surface area contributed by atoms with Gasteiger partial charge in [0.05, 0.1) is 18.3 Å². The molecule has 1 N–H and O–H groups in total. The molecule has 1 atom stereocenters. The van der Waals surface area contributed by atoms with Crippen molar-refractivity contribution in [3.8, 4) is 0 Å². The summed E-state index contributed by atoms with van der Waals surface area (Å²) in [5.74, 6) is -0.323. The Morgan fingerprint density at radius 3 is 3.29 bits per heavy atom. The summed E-state index contributed by atoms with van der Waals surface area (Å²) in [5.41, 5.74) is 2.20. The molecule has 1 aliphatic rings. The second-order valence-corrected chi connectivity index (χ2v) is 5.98. The molecule has 0 amide bonds. The second-order valence-electron chi connectivity index (χ2n) is 5.12. The summed E-state index contributed by atoms with van der Waals surface area (Å²) < 4.78 is 4.98. The van der Waals surface area contributed by atoms with Gasteiger partial charge in [0, 0.05) is 23.8 Å². The maximum atomic E-state index is 11.7. The Kier molecular flexibility index (Phi) is 4.36. The van der Waals surface area contributed by atoms with Crippen LogP contribution in [0.15, 0.2) is 23.7 Å². The molecule has 0 spiro atoms. The zero-order valence-corrected chi connectivity index (χ0v) is 12.9. The zero-order chi connectivity index (χ0) is 14.7. The zero-order valence-electron chi connectivity index (χ0n) is 12.0. The number of aromatic amines is 1. The van der Waals surface area contributed by atoms with Gasteiger partial charge < -0.3 is 9.72 Å². The van der Waals surface area contributed by atoms with E-state index in [1.165, 1.54) is 23.5 Å². The molecule has 1 fully saturated rings. The third-order valence-corrected chi connectivity index (χ3v) is 4.58. The maximum absolute atomic E-state index is 11.7. The SMILES string of the molecule is CCOC(=O)c1nc(CN2CCC[C@H]2c2ccc[nH]2)cs1. The lowest BCUT2D eigenvalue weighted by molar-refractivity contribution is 0.0525. The Morgan fingerprint density at radius 2 is 2.52 bits per heavy atom. The largest absolute Gasteiger partial charge is 0.461 e. The highest BCUT2D eigenvalue weighted by Gasteiger charge is 2.27. The number of hydrogen-bond acceptors (Lipinski definition) is 5. The van der Waals surface area contributed by atoms with Crippen LogP contribution in [0.5, 0.6) is 0 Å². The molecule has 6 heteroatoms. The van der Waals surface area contributed by atoms with E-state index in [9.17, 15) is 4.79 Å². The normalized spacial score (nSPS) is 19.0. The Morgan fingerprint density at radius 1 is 1.62 bits per heavy atom. The number of carbonyl (C=O) groups is 1. The van der Waals surface area contributed by atoms with Gasteiger partial charge in [-0.25, -0.2) is 9.78 Å². The van der Waals surface area contributed by atoms with E-state index in [-0.39, 0.29) is 5.97 Å². The van der Waals surface area contributed by atoms with Crippen LogP contribution >= 0.6 is 11.3 Å². The van der Waals surface area contributed by atoms with Crippen molar-refractivity contribution in [2.45, 2.75) is 32.4 Å². The van der Waals surface area contributed by atoms with Crippen LogP contribution < -0.4 is 0 Å². The van der Waals surface area contributed by atoms with Gasteiger partial charge in [-0.1, -0.05) is 0 Å². The molecule has 112 valence electrons. The van der Waals surface area contributed by atoms with Gasteiger partial charge in [0.1, 0.15) is 0 Å². The molecule has 2 aromatic heterocycles. The number of thiazole rings is 1. The molecule has 1 aliphatic heterocycles. The third kappa shape index (κ3) is 3.16. The van der Waals surface area contributed by atoms with Crippen molar-refractivity contribution in [1.29, 1.82) is 0 Å². The van der Waals surface area contributed by atoms with Crippen molar-refractivity contribution in [2.75, 3.05) is 13.2 Å². The highest BCUT2D eigenvalue weighted by molar-refractivity contribution is 7.11. The summed E-state index contributed by atoms with van der Waals surface area (Å²) in [6.07, 6.45) is 4.32. The average molecular weight is 305 g/mol. The quantitative estimate of drug-likeness (QED) is 0.863. The number of H-pyrrole nitrogens is 1. The van der Waals surface area contributed by atoms with Crippen LogP contribution in [-0.4, -0.2) is 34.0 Å². The minimum absolute atomic E-state index is 0.323. The van der Waals surface area contributed by atoms with Crippen molar-refractivity contribution in [3.05, 3.63) is 40.1 Å². The standard InChI is InChI=1S/C15H19N3O2S/c1-2-20-15(19)14-17-11(10-21-14)9-18-8-4-6-13(18)12-5-3-7-16-12/h3,5,7,10,13,16H,2,4,6,8-9H2,1H3/t13-/m0/s1. The van der Waals surface area contributed by atoms with Crippen molar-refractivity contribution >= 4 is 17.3 Å². The van der Waals surface area contributed by atoms with Crippen molar-refractivity contribution in [1.82, 2.24) is 14.9 Å². The van der Waals surface area contributed by atoms with Gasteiger partial charge in [0.15, 0.2) is 0 Å². The Bertz CT molecular complexity index is 594. The van der Waals surface area contributed by atoms with Crippen LogP contribution in [-0.2, 0) is 11.3 Å². The number of ether oxygens (including phenoxy) is 1. The molecular weight excluding hydrogens is 286 g/mol. The van der Waals surface area contributed by atoms with Crippen LogP contribution in [0.25, 0.3) is 0 Å². The Labute approximate surface area is 128 Å². The molecule has 21 heavy (non-hydrogen) atoms. The van der Waals surface area contributed by atoms with Gasteiger partial charge in [0.25, 0.3) is 0 Å². The van der Waals surface area contributed by atoms with Crippen LogP contribution in [0.4, 0.5) is 0 Å². The summed E-state index contributed by atoms with van der Waals surface area (Å²) in [6.45, 7) is 4.03. The highest BCUT2D eigenvalue weighted by Crippen LogP contribution is 2.32. The number of nitrogens with zero attached hydrogens (tertiary/aromatic N) is 2. The van der Waals surface area contributed by atoms with E-state index in [4.69, 9.17) is 4.74 Å². The van der Waals surface area contributed by atoms with E-state index >= 15 is 0 Å². The lowest BCUT2D eigenvalue weighted by Crippen LogP contribution is -2.23. The lowest BCUT2D eigenvalue weighted by atomic mass is 10.1. The minimum Gasteiger partial charge on any atom is -0.461 e. The number of aromatic nitrogens is 2. The molecule has 5 nitrogen and oxygen atoms in total. The van der Waals surface area contributed by atoms with E-state index in [1.807, 2.05) is 17.6 Å². The number of likely N-dealkylation sites (tertiary alicyclic amines) is 1. The summed E-state index contributed by atoms with van der Waals surface area (Å²) in [4.78, 5) is 21.8. The monoisotopic (exact) mass is 305 g/mol. The van der Waals surface area contributed by atoms with Gasteiger partial charge in [-0.2, -0.15) is 0 Å². The summed E-state index contributed by atoms with van der Waals surface area (Å²) >= 11 is 1.36. The number of hydrogen-bond donors (Lipinski definition) is 1. The smallest absolute Gasteiger partial charge is 0.367 e. The summed E-state index contributed by atoms with van der Waals surface area (Å²) in [6, 6.07) is 4.59. The number of carbonyl (C=O) groups excluding carboxylic acids is 1. The minimum atomic E-state index is -0.323. The first-order chi connectivity index (χ1) is 10.3. The number of esters is 1. The molecule has 1 saturated heterocycles. The first-order valence-corrected chi connectivity index (χ1v) is 8.14. The topological polar surface area (TPSA) is 58.2 Å². The molecule has 0 aromatic carbocycles. The summed E-state index contributed by atoms with van der Waals surface area (Å²) in [7, 11) is 0. The summed E-state index contributed by atoms with van der Waals surface area (Å²) in [5, 5.41) is 2.40. The molecule has 0 aliphatic carbocycles. The van der Waals surface area contributed by atoms with Gasteiger partial charge in [0.2, 0.25) is 5.01 Å². The number of rotatable bonds is 5. The lowest BCUT2D eigenvalue weighted by Gasteiger charge is -2.22. The molecule has 0 unspecified atom stereocenters. The van der Waals surface area contributed by atoms with E-state index in [0.29, 0.717) is 17.7 Å². The van der Waals surface area contributed by atoms with Crippen LogP contribution in [0.2, 0.25) is 0 Å². The third-order valence-electron chi connectivity index (χ3n) is 3.71. The molecule has 0 bridgehead atoms. The molecule has 0 radical (unpaired) electrons. The van der Waals surface area contributed by atoms with E-state index < -0.39 is 0 Å². The van der Waals surface area contributed by atoms with Gasteiger partial charge >= 0.3 is 5.97 Å². The average Bonchev–Trinajstić information content (AvgIpc) is 3.20. The maximum Gasteiger partial charge on any atom is 0.367 e. The molecule has 3 heterocycles. The van der Waals surface area contributed by atoms with E-state index in [1.54, 1.807) is 6.92 Å². The predicted octanol–water partition coefficient (Wildman–Crippen LogP) is 2.99. The molecule has 3 rings (SSSR count). The first kappa shape index (κ1) is 14.3. The van der Waals surface area contributed by atoms with E-state index in [0.717, 1.165) is 25.2 Å². The van der Waals surface area contributed by atoms with Crippen molar-refractivity contribution in [2.24, 2.45) is 0 Å². The van der Waals surface area contributed by atoms with Gasteiger partial charge in [-0.15, -0.1) is 11.3 Å². The fourth-order valence-corrected chi connectivity index (χ4v) is 3.49. The highest BCUT2D eigenvalue weighted by atomic mass is 32.1.